The molecule has 6 heteroatoms. The SMILES string of the molecule is O=C(CN1CCCc2ccccc21)N1CCN(C(=O)Nc2ccccc2)CC1. The van der Waals surface area contributed by atoms with Crippen molar-refractivity contribution in [3.63, 3.8) is 0 Å². The van der Waals surface area contributed by atoms with E-state index in [4.69, 9.17) is 0 Å². The number of carbonyl (C=O) groups excluding carboxylic acids is 2. The van der Waals surface area contributed by atoms with Crippen molar-refractivity contribution < 1.29 is 9.59 Å². The summed E-state index contributed by atoms with van der Waals surface area (Å²) >= 11 is 0. The zero-order chi connectivity index (χ0) is 19.3. The van der Waals surface area contributed by atoms with Crippen molar-refractivity contribution in [2.45, 2.75) is 12.8 Å². The first-order chi connectivity index (χ1) is 13.7. The summed E-state index contributed by atoms with van der Waals surface area (Å²) in [5, 5.41) is 2.91. The predicted octanol–water partition coefficient (Wildman–Crippen LogP) is 2.82. The summed E-state index contributed by atoms with van der Waals surface area (Å²) in [6, 6.07) is 17.7. The Kier molecular flexibility index (Phi) is 5.46. The second-order valence-corrected chi connectivity index (χ2v) is 7.32. The van der Waals surface area contributed by atoms with E-state index in [0.717, 1.165) is 25.1 Å². The first kappa shape index (κ1) is 18.3. The summed E-state index contributed by atoms with van der Waals surface area (Å²) in [5.74, 6) is 0.139. The molecule has 6 nitrogen and oxygen atoms in total. The van der Waals surface area contributed by atoms with Crippen LogP contribution in [-0.4, -0.2) is 61.0 Å². The van der Waals surface area contributed by atoms with E-state index in [-0.39, 0.29) is 11.9 Å². The third kappa shape index (κ3) is 4.11. The van der Waals surface area contributed by atoms with E-state index in [9.17, 15) is 9.59 Å². The number of rotatable bonds is 3. The van der Waals surface area contributed by atoms with Gasteiger partial charge in [-0.15, -0.1) is 0 Å². The average Bonchev–Trinajstić information content (AvgIpc) is 2.75. The maximum absolute atomic E-state index is 12.8. The topological polar surface area (TPSA) is 55.9 Å². The van der Waals surface area contributed by atoms with Gasteiger partial charge in [-0.1, -0.05) is 36.4 Å². The molecule has 0 saturated carbocycles. The lowest BCUT2D eigenvalue weighted by Crippen LogP contribution is -2.53. The maximum Gasteiger partial charge on any atom is 0.321 e. The van der Waals surface area contributed by atoms with Gasteiger partial charge in [0.05, 0.1) is 6.54 Å². The van der Waals surface area contributed by atoms with E-state index in [1.165, 1.54) is 11.3 Å². The first-order valence-electron chi connectivity index (χ1n) is 9.92. The van der Waals surface area contributed by atoms with Crippen LogP contribution in [0.5, 0.6) is 0 Å². The van der Waals surface area contributed by atoms with Crippen LogP contribution in [0.3, 0.4) is 0 Å². The molecule has 0 aliphatic carbocycles. The molecule has 146 valence electrons. The third-order valence-electron chi connectivity index (χ3n) is 5.48. The summed E-state index contributed by atoms with van der Waals surface area (Å²) in [5.41, 5.74) is 3.29. The number of carbonyl (C=O) groups is 2. The van der Waals surface area contributed by atoms with Crippen molar-refractivity contribution in [2.24, 2.45) is 0 Å². The Morgan fingerprint density at radius 2 is 1.50 bits per heavy atom. The number of para-hydroxylation sites is 2. The molecule has 28 heavy (non-hydrogen) atoms. The van der Waals surface area contributed by atoms with Crippen molar-refractivity contribution in [1.29, 1.82) is 0 Å². The minimum absolute atomic E-state index is 0.108. The van der Waals surface area contributed by atoms with Gasteiger partial charge in [-0.05, 0) is 36.6 Å². The summed E-state index contributed by atoms with van der Waals surface area (Å²) < 4.78 is 0. The Hall–Kier alpha value is -3.02. The van der Waals surface area contributed by atoms with Crippen LogP contribution in [0.1, 0.15) is 12.0 Å². The molecular formula is C22H26N4O2. The summed E-state index contributed by atoms with van der Waals surface area (Å²) in [7, 11) is 0. The number of fused-ring (bicyclic) bond motifs is 1. The van der Waals surface area contributed by atoms with Gasteiger partial charge in [0.2, 0.25) is 5.91 Å². The quantitative estimate of drug-likeness (QED) is 0.894. The molecule has 0 atom stereocenters. The molecule has 2 aromatic rings. The fourth-order valence-corrected chi connectivity index (χ4v) is 3.92. The van der Waals surface area contributed by atoms with Crippen LogP contribution < -0.4 is 10.2 Å². The van der Waals surface area contributed by atoms with Gasteiger partial charge in [0, 0.05) is 44.1 Å². The Labute approximate surface area is 165 Å². The third-order valence-corrected chi connectivity index (χ3v) is 5.48. The molecule has 0 bridgehead atoms. The predicted molar refractivity (Wildman–Crippen MR) is 111 cm³/mol. The molecule has 2 aliphatic rings. The number of piperazine rings is 1. The van der Waals surface area contributed by atoms with Gasteiger partial charge in [0.25, 0.3) is 0 Å². The highest BCUT2D eigenvalue weighted by Gasteiger charge is 2.26. The number of aryl methyl sites for hydroxylation is 1. The lowest BCUT2D eigenvalue weighted by molar-refractivity contribution is -0.131. The monoisotopic (exact) mass is 378 g/mol. The van der Waals surface area contributed by atoms with E-state index in [0.29, 0.717) is 32.7 Å². The second-order valence-electron chi connectivity index (χ2n) is 7.32. The normalized spacial score (nSPS) is 16.5. The highest BCUT2D eigenvalue weighted by atomic mass is 16.2. The maximum atomic E-state index is 12.8. The van der Waals surface area contributed by atoms with Gasteiger partial charge in [0.15, 0.2) is 0 Å². The van der Waals surface area contributed by atoms with E-state index in [1.807, 2.05) is 41.3 Å². The molecule has 0 spiro atoms. The Balaban J connectivity index is 1.29. The number of nitrogens with one attached hydrogen (secondary N) is 1. The van der Waals surface area contributed by atoms with Crippen molar-refractivity contribution in [1.82, 2.24) is 9.80 Å². The lowest BCUT2D eigenvalue weighted by Gasteiger charge is -2.37. The zero-order valence-corrected chi connectivity index (χ0v) is 16.0. The lowest BCUT2D eigenvalue weighted by atomic mass is 10.0. The molecule has 0 unspecified atom stereocenters. The summed E-state index contributed by atoms with van der Waals surface area (Å²) in [4.78, 5) is 31.0. The molecule has 2 aromatic carbocycles. The number of nitrogens with zero attached hydrogens (tertiary/aromatic N) is 3. The molecule has 1 fully saturated rings. The number of hydrogen-bond donors (Lipinski definition) is 1. The molecule has 4 rings (SSSR count). The van der Waals surface area contributed by atoms with Crippen LogP contribution in [-0.2, 0) is 11.2 Å². The zero-order valence-electron chi connectivity index (χ0n) is 16.0. The van der Waals surface area contributed by atoms with Gasteiger partial charge >= 0.3 is 6.03 Å². The fraction of sp³-hybridized carbons (Fsp3) is 0.364. The van der Waals surface area contributed by atoms with E-state index < -0.39 is 0 Å². The van der Waals surface area contributed by atoms with Crippen LogP contribution in [0.15, 0.2) is 54.6 Å². The Morgan fingerprint density at radius 3 is 2.29 bits per heavy atom. The molecule has 0 radical (unpaired) electrons. The molecule has 3 amide bonds. The van der Waals surface area contributed by atoms with Crippen LogP contribution in [0, 0.1) is 0 Å². The number of amides is 3. The van der Waals surface area contributed by atoms with Crippen molar-refractivity contribution in [3.8, 4) is 0 Å². The first-order valence-corrected chi connectivity index (χ1v) is 9.92. The standard InChI is InChI=1S/C22H26N4O2/c27-21(17-26-12-6-8-18-7-4-5-11-20(18)26)24-13-15-25(16-14-24)22(28)23-19-9-2-1-3-10-19/h1-5,7,9-11H,6,8,12-17H2,(H,23,28). The highest BCUT2D eigenvalue weighted by Crippen LogP contribution is 2.26. The van der Waals surface area contributed by atoms with Crippen molar-refractivity contribution in [3.05, 3.63) is 60.2 Å². The molecular weight excluding hydrogens is 352 g/mol. The number of anilines is 2. The van der Waals surface area contributed by atoms with E-state index in [2.05, 4.69) is 28.4 Å². The Morgan fingerprint density at radius 1 is 0.821 bits per heavy atom. The molecule has 1 saturated heterocycles. The smallest absolute Gasteiger partial charge is 0.321 e. The minimum Gasteiger partial charge on any atom is -0.362 e. The van der Waals surface area contributed by atoms with Crippen LogP contribution >= 0.6 is 0 Å². The largest absolute Gasteiger partial charge is 0.362 e. The molecule has 0 aromatic heterocycles. The number of hydrogen-bond acceptors (Lipinski definition) is 3. The van der Waals surface area contributed by atoms with Crippen molar-refractivity contribution in [2.75, 3.05) is 49.5 Å². The number of urea groups is 1. The minimum atomic E-state index is -0.108. The average molecular weight is 378 g/mol. The highest BCUT2D eigenvalue weighted by molar-refractivity contribution is 5.89. The fourth-order valence-electron chi connectivity index (χ4n) is 3.92. The van der Waals surface area contributed by atoms with Gasteiger partial charge in [0.1, 0.15) is 0 Å². The summed E-state index contributed by atoms with van der Waals surface area (Å²) in [6.07, 6.45) is 2.16. The van der Waals surface area contributed by atoms with Gasteiger partial charge in [-0.2, -0.15) is 0 Å². The van der Waals surface area contributed by atoms with Gasteiger partial charge < -0.3 is 20.0 Å². The van der Waals surface area contributed by atoms with Gasteiger partial charge in [-0.25, -0.2) is 4.79 Å². The van der Waals surface area contributed by atoms with Crippen LogP contribution in [0.2, 0.25) is 0 Å². The van der Waals surface area contributed by atoms with Crippen molar-refractivity contribution >= 4 is 23.3 Å². The number of benzene rings is 2. The second kappa shape index (κ2) is 8.33. The molecule has 1 N–H and O–H groups in total. The Bertz CT molecular complexity index is 831. The van der Waals surface area contributed by atoms with E-state index >= 15 is 0 Å². The molecule has 2 aliphatic heterocycles. The van der Waals surface area contributed by atoms with Crippen LogP contribution in [0.25, 0.3) is 0 Å². The van der Waals surface area contributed by atoms with E-state index in [1.54, 1.807) is 4.90 Å². The molecule has 2 heterocycles. The van der Waals surface area contributed by atoms with Gasteiger partial charge in [-0.3, -0.25) is 4.79 Å². The summed E-state index contributed by atoms with van der Waals surface area (Å²) in [6.45, 7) is 3.60. The van der Waals surface area contributed by atoms with Crippen LogP contribution in [0.4, 0.5) is 16.2 Å².